The zero-order valence-corrected chi connectivity index (χ0v) is 14.2. The predicted molar refractivity (Wildman–Crippen MR) is 82.1 cm³/mol. The molecular formula is C13H13Cl2NO6S. The largest absolute Gasteiger partial charge is 0.481 e. The van der Waals surface area contributed by atoms with Gasteiger partial charge in [-0.1, -0.05) is 23.2 Å². The number of hydrogen-bond acceptors (Lipinski definition) is 4. The zero-order chi connectivity index (χ0) is 17.6. The van der Waals surface area contributed by atoms with Crippen molar-refractivity contribution in [2.75, 3.05) is 6.54 Å². The van der Waals surface area contributed by atoms with Gasteiger partial charge in [0.15, 0.2) is 0 Å². The second kappa shape index (κ2) is 5.94. The van der Waals surface area contributed by atoms with Gasteiger partial charge in [0.25, 0.3) is 0 Å². The van der Waals surface area contributed by atoms with Crippen molar-refractivity contribution in [2.24, 2.45) is 5.41 Å². The maximum atomic E-state index is 12.7. The van der Waals surface area contributed by atoms with Crippen LogP contribution in [0.5, 0.6) is 0 Å². The van der Waals surface area contributed by atoms with Crippen LogP contribution >= 0.6 is 23.2 Å². The molecule has 2 rings (SSSR count). The van der Waals surface area contributed by atoms with Crippen molar-refractivity contribution >= 4 is 45.2 Å². The summed E-state index contributed by atoms with van der Waals surface area (Å²) in [5.41, 5.74) is -1.49. The number of carboxylic acid groups (broad SMARTS) is 2. The van der Waals surface area contributed by atoms with Crippen molar-refractivity contribution in [3.05, 3.63) is 28.2 Å². The van der Waals surface area contributed by atoms with Gasteiger partial charge in [-0.25, -0.2) is 8.42 Å². The average Bonchev–Trinajstić information content (AvgIpc) is 2.78. The standard InChI is InChI=1S/C13H13Cl2NO6S/c1-13(12(19)20)5-10(11(17)18)16(6-13)23(21,22)9-3-7(14)2-8(15)4-9/h2-4,10H,5-6H2,1H3,(H,17,18)(H,19,20). The maximum absolute atomic E-state index is 12.7. The first-order valence-corrected chi connectivity index (χ1v) is 8.61. The SMILES string of the molecule is CC1(C(=O)O)CC(C(=O)O)N(S(=O)(=O)c2cc(Cl)cc(Cl)c2)C1. The first-order chi connectivity index (χ1) is 10.5. The molecule has 0 bridgehead atoms. The smallest absolute Gasteiger partial charge is 0.322 e. The van der Waals surface area contributed by atoms with Gasteiger partial charge in [0.2, 0.25) is 10.0 Å². The van der Waals surface area contributed by atoms with Crippen LogP contribution < -0.4 is 0 Å². The summed E-state index contributed by atoms with van der Waals surface area (Å²) < 4.78 is 26.1. The average molecular weight is 382 g/mol. The molecule has 1 fully saturated rings. The lowest BCUT2D eigenvalue weighted by atomic mass is 9.88. The number of sulfonamides is 1. The van der Waals surface area contributed by atoms with Gasteiger partial charge >= 0.3 is 11.9 Å². The van der Waals surface area contributed by atoms with E-state index in [0.29, 0.717) is 4.31 Å². The Morgan fingerprint density at radius 3 is 2.17 bits per heavy atom. The van der Waals surface area contributed by atoms with E-state index in [0.717, 1.165) is 12.1 Å². The number of aliphatic carboxylic acids is 2. The quantitative estimate of drug-likeness (QED) is 0.823. The zero-order valence-electron chi connectivity index (χ0n) is 11.9. The molecule has 10 heteroatoms. The molecule has 1 heterocycles. The Hall–Kier alpha value is -1.35. The lowest BCUT2D eigenvalue weighted by Gasteiger charge is -2.22. The van der Waals surface area contributed by atoms with Gasteiger partial charge < -0.3 is 10.2 Å². The minimum Gasteiger partial charge on any atom is -0.481 e. The highest BCUT2D eigenvalue weighted by Gasteiger charge is 2.53. The molecule has 7 nitrogen and oxygen atoms in total. The fraction of sp³-hybridized carbons (Fsp3) is 0.385. The third kappa shape index (κ3) is 3.30. The van der Waals surface area contributed by atoms with Crippen LogP contribution in [0.1, 0.15) is 13.3 Å². The van der Waals surface area contributed by atoms with Gasteiger partial charge in [-0.05, 0) is 31.5 Å². The first-order valence-electron chi connectivity index (χ1n) is 6.41. The van der Waals surface area contributed by atoms with Crippen molar-refractivity contribution in [1.82, 2.24) is 4.31 Å². The minimum absolute atomic E-state index is 0.0724. The van der Waals surface area contributed by atoms with Crippen LogP contribution in [-0.4, -0.2) is 47.5 Å². The van der Waals surface area contributed by atoms with Crippen LogP contribution in [0.4, 0.5) is 0 Å². The Morgan fingerprint density at radius 2 is 1.74 bits per heavy atom. The van der Waals surface area contributed by atoms with Crippen LogP contribution in [0.25, 0.3) is 0 Å². The summed E-state index contributed by atoms with van der Waals surface area (Å²) in [6.07, 6.45) is -0.328. The molecule has 2 N–H and O–H groups in total. The third-order valence-corrected chi connectivity index (χ3v) is 6.01. The first kappa shape index (κ1) is 18.0. The molecule has 1 aliphatic rings. The molecule has 2 atom stereocenters. The van der Waals surface area contributed by atoms with Gasteiger partial charge in [-0.15, -0.1) is 0 Å². The van der Waals surface area contributed by atoms with E-state index in [1.54, 1.807) is 0 Å². The number of rotatable bonds is 4. The van der Waals surface area contributed by atoms with Crippen molar-refractivity contribution in [1.29, 1.82) is 0 Å². The number of halogens is 2. The summed E-state index contributed by atoms with van der Waals surface area (Å²) in [6, 6.07) is 2.14. The third-order valence-electron chi connectivity index (χ3n) is 3.74. The van der Waals surface area contributed by atoms with E-state index in [4.69, 9.17) is 23.2 Å². The number of nitrogens with zero attached hydrogens (tertiary/aromatic N) is 1. The molecule has 0 spiro atoms. The lowest BCUT2D eigenvalue weighted by Crippen LogP contribution is -2.41. The van der Waals surface area contributed by atoms with Gasteiger partial charge in [-0.2, -0.15) is 4.31 Å². The Bertz CT molecular complexity index is 760. The van der Waals surface area contributed by atoms with Gasteiger partial charge in [0.05, 0.1) is 10.3 Å². The van der Waals surface area contributed by atoms with Gasteiger partial charge in [0, 0.05) is 16.6 Å². The van der Waals surface area contributed by atoms with Crippen LogP contribution in [0.15, 0.2) is 23.1 Å². The van der Waals surface area contributed by atoms with E-state index in [9.17, 15) is 28.2 Å². The molecule has 126 valence electrons. The Balaban J connectivity index is 2.52. The number of hydrogen-bond donors (Lipinski definition) is 2. The maximum Gasteiger partial charge on any atom is 0.322 e. The Labute approximate surface area is 142 Å². The molecule has 0 amide bonds. The van der Waals surface area contributed by atoms with E-state index in [1.807, 2.05) is 0 Å². The molecule has 1 aromatic rings. The Kier molecular flexibility index (Phi) is 4.64. The van der Waals surface area contributed by atoms with Gasteiger partial charge in [0.1, 0.15) is 6.04 Å². The van der Waals surface area contributed by atoms with Crippen LogP contribution in [0.2, 0.25) is 10.0 Å². The molecule has 1 aliphatic heterocycles. The molecule has 0 saturated carbocycles. The highest BCUT2D eigenvalue weighted by atomic mass is 35.5. The van der Waals surface area contributed by atoms with Gasteiger partial charge in [-0.3, -0.25) is 9.59 Å². The molecule has 0 aliphatic carbocycles. The molecule has 0 aromatic heterocycles. The van der Waals surface area contributed by atoms with Crippen molar-refractivity contribution < 1.29 is 28.2 Å². The highest BCUT2D eigenvalue weighted by molar-refractivity contribution is 7.89. The van der Waals surface area contributed by atoms with Crippen molar-refractivity contribution in [3.8, 4) is 0 Å². The summed E-state index contributed by atoms with van der Waals surface area (Å²) in [4.78, 5) is 22.5. The lowest BCUT2D eigenvalue weighted by molar-refractivity contribution is -0.147. The normalized spacial score (nSPS) is 25.4. The summed E-state index contributed by atoms with van der Waals surface area (Å²) in [5.74, 6) is -2.67. The van der Waals surface area contributed by atoms with E-state index < -0.39 is 40.0 Å². The fourth-order valence-corrected chi connectivity index (χ4v) is 4.91. The van der Waals surface area contributed by atoms with E-state index in [-0.39, 0.29) is 21.4 Å². The molecular weight excluding hydrogens is 369 g/mol. The van der Waals surface area contributed by atoms with E-state index >= 15 is 0 Å². The van der Waals surface area contributed by atoms with Crippen molar-refractivity contribution in [3.63, 3.8) is 0 Å². The van der Waals surface area contributed by atoms with Crippen LogP contribution in [0, 0.1) is 5.41 Å². The molecule has 23 heavy (non-hydrogen) atoms. The highest BCUT2D eigenvalue weighted by Crippen LogP contribution is 2.39. The molecule has 2 unspecified atom stereocenters. The number of carboxylic acids is 2. The Morgan fingerprint density at radius 1 is 1.22 bits per heavy atom. The predicted octanol–water partition coefficient (Wildman–Crippen LogP) is 1.93. The summed E-state index contributed by atoms with van der Waals surface area (Å²) in [7, 11) is -4.26. The minimum atomic E-state index is -4.26. The molecule has 1 saturated heterocycles. The second-order valence-electron chi connectivity index (χ2n) is 5.58. The van der Waals surface area contributed by atoms with Crippen LogP contribution in [-0.2, 0) is 19.6 Å². The summed E-state index contributed by atoms with van der Waals surface area (Å²) in [5, 5.41) is 18.7. The monoisotopic (exact) mass is 381 g/mol. The van der Waals surface area contributed by atoms with Crippen LogP contribution in [0.3, 0.4) is 0 Å². The van der Waals surface area contributed by atoms with E-state index in [1.165, 1.54) is 13.0 Å². The number of benzene rings is 1. The second-order valence-corrected chi connectivity index (χ2v) is 8.34. The van der Waals surface area contributed by atoms with E-state index in [2.05, 4.69) is 0 Å². The molecule has 0 radical (unpaired) electrons. The summed E-state index contributed by atoms with van der Waals surface area (Å²) in [6.45, 7) is 0.859. The number of carbonyl (C=O) groups is 2. The molecule has 1 aromatic carbocycles. The summed E-state index contributed by atoms with van der Waals surface area (Å²) >= 11 is 11.6. The fourth-order valence-electron chi connectivity index (χ4n) is 2.48. The van der Waals surface area contributed by atoms with Crippen molar-refractivity contribution in [2.45, 2.75) is 24.3 Å². The topological polar surface area (TPSA) is 112 Å².